The summed E-state index contributed by atoms with van der Waals surface area (Å²) in [5.74, 6) is 0. The third-order valence-corrected chi connectivity index (χ3v) is 5.27. The Bertz CT molecular complexity index is 628. The molecule has 0 heterocycles. The van der Waals surface area contributed by atoms with Gasteiger partial charge in [0.2, 0.25) is 0 Å². The molecule has 0 amide bonds. The molecule has 0 spiro atoms. The largest absolute Gasteiger partial charge is 0.320 e. The molecule has 19 heavy (non-hydrogen) atoms. The van der Waals surface area contributed by atoms with Crippen molar-refractivity contribution in [2.45, 2.75) is 13.0 Å². The first-order valence-electron chi connectivity index (χ1n) is 5.56. The lowest BCUT2D eigenvalue weighted by Crippen LogP contribution is -2.13. The lowest BCUT2D eigenvalue weighted by atomic mass is 9.99. The number of benzene rings is 2. The third kappa shape index (κ3) is 3.42. The molecule has 0 saturated heterocycles. The Morgan fingerprint density at radius 3 is 2.32 bits per heavy atom. The fourth-order valence-corrected chi connectivity index (χ4v) is 3.68. The quantitative estimate of drug-likeness (QED) is 0.576. The van der Waals surface area contributed by atoms with Gasteiger partial charge < -0.3 is 5.73 Å². The number of hydrogen-bond donors (Lipinski definition) is 1. The van der Waals surface area contributed by atoms with E-state index in [0.29, 0.717) is 5.02 Å². The van der Waals surface area contributed by atoms with E-state index in [-0.39, 0.29) is 6.04 Å². The summed E-state index contributed by atoms with van der Waals surface area (Å²) in [5.41, 5.74) is 9.40. The second-order valence-corrected chi connectivity index (χ2v) is 7.30. The van der Waals surface area contributed by atoms with Gasteiger partial charge in [0.25, 0.3) is 0 Å². The third-order valence-electron chi connectivity index (χ3n) is 2.91. The predicted molar refractivity (Wildman–Crippen MR) is 91.8 cm³/mol. The van der Waals surface area contributed by atoms with Crippen LogP contribution in [0.1, 0.15) is 22.7 Å². The van der Waals surface area contributed by atoms with Gasteiger partial charge in [-0.3, -0.25) is 0 Å². The second-order valence-electron chi connectivity index (χ2n) is 4.27. The highest BCUT2D eigenvalue weighted by Crippen LogP contribution is 2.35. The molecule has 2 rings (SSSR count). The summed E-state index contributed by atoms with van der Waals surface area (Å²) in [6, 6.07) is 9.55. The van der Waals surface area contributed by atoms with E-state index >= 15 is 0 Å². The lowest BCUT2D eigenvalue weighted by molar-refractivity contribution is 0.863. The maximum absolute atomic E-state index is 6.34. The Hall–Kier alpha value is 0.130. The highest BCUT2D eigenvalue weighted by Gasteiger charge is 2.16. The SMILES string of the molecule is Cc1cc(Br)c(C(N)c2ccc(Br)cc2Cl)cc1Br. The van der Waals surface area contributed by atoms with Crippen molar-refractivity contribution in [1.82, 2.24) is 0 Å². The molecule has 1 nitrogen and oxygen atoms in total. The van der Waals surface area contributed by atoms with E-state index in [2.05, 4.69) is 47.8 Å². The summed E-state index contributed by atoms with van der Waals surface area (Å²) in [4.78, 5) is 0. The summed E-state index contributed by atoms with van der Waals surface area (Å²) in [6.07, 6.45) is 0. The van der Waals surface area contributed by atoms with E-state index in [1.54, 1.807) is 0 Å². The summed E-state index contributed by atoms with van der Waals surface area (Å²) >= 11 is 16.8. The predicted octanol–water partition coefficient (Wildman–Crippen LogP) is 5.98. The van der Waals surface area contributed by atoms with Crippen molar-refractivity contribution in [1.29, 1.82) is 0 Å². The number of nitrogens with two attached hydrogens (primary N) is 1. The summed E-state index contributed by atoms with van der Waals surface area (Å²) in [5, 5.41) is 0.658. The van der Waals surface area contributed by atoms with Crippen molar-refractivity contribution >= 4 is 59.4 Å². The van der Waals surface area contributed by atoms with Crippen molar-refractivity contribution < 1.29 is 0 Å². The summed E-state index contributed by atoms with van der Waals surface area (Å²) < 4.78 is 2.96. The van der Waals surface area contributed by atoms with E-state index in [4.69, 9.17) is 17.3 Å². The Labute approximate surface area is 142 Å². The Balaban J connectivity index is 2.49. The fraction of sp³-hybridized carbons (Fsp3) is 0.143. The fourth-order valence-electron chi connectivity index (χ4n) is 1.82. The van der Waals surface area contributed by atoms with E-state index in [1.165, 1.54) is 0 Å². The first-order chi connectivity index (χ1) is 8.90. The van der Waals surface area contributed by atoms with Crippen LogP contribution in [0.15, 0.2) is 43.7 Å². The minimum Gasteiger partial charge on any atom is -0.320 e. The highest BCUT2D eigenvalue weighted by atomic mass is 79.9. The highest BCUT2D eigenvalue weighted by molar-refractivity contribution is 9.11. The number of hydrogen-bond acceptors (Lipinski definition) is 1. The van der Waals surface area contributed by atoms with Crippen molar-refractivity contribution in [2.24, 2.45) is 5.73 Å². The van der Waals surface area contributed by atoms with Gasteiger partial charge in [-0.2, -0.15) is 0 Å². The topological polar surface area (TPSA) is 26.0 Å². The van der Waals surface area contributed by atoms with Crippen molar-refractivity contribution in [3.63, 3.8) is 0 Å². The number of halogens is 4. The molecule has 100 valence electrons. The van der Waals surface area contributed by atoms with Crippen LogP contribution in [0.3, 0.4) is 0 Å². The molecular weight excluding hydrogens is 457 g/mol. The van der Waals surface area contributed by atoms with Crippen LogP contribution in [-0.4, -0.2) is 0 Å². The lowest BCUT2D eigenvalue weighted by Gasteiger charge is -2.17. The van der Waals surface area contributed by atoms with Gasteiger partial charge >= 0.3 is 0 Å². The van der Waals surface area contributed by atoms with Gasteiger partial charge in [0.1, 0.15) is 0 Å². The molecule has 0 radical (unpaired) electrons. The van der Waals surface area contributed by atoms with Crippen molar-refractivity contribution in [2.75, 3.05) is 0 Å². The Kier molecular flexibility index (Phi) is 5.12. The van der Waals surface area contributed by atoms with Crippen LogP contribution in [0.2, 0.25) is 5.02 Å². The zero-order chi connectivity index (χ0) is 14.2. The van der Waals surface area contributed by atoms with E-state index < -0.39 is 0 Å². The maximum atomic E-state index is 6.34. The second kappa shape index (κ2) is 6.27. The molecule has 1 atom stereocenters. The molecule has 0 fully saturated rings. The maximum Gasteiger partial charge on any atom is 0.0578 e. The van der Waals surface area contributed by atoms with Gasteiger partial charge in [-0.05, 0) is 47.9 Å². The zero-order valence-electron chi connectivity index (χ0n) is 10.1. The van der Waals surface area contributed by atoms with Crippen LogP contribution in [0.25, 0.3) is 0 Å². The molecule has 5 heteroatoms. The molecule has 2 aromatic carbocycles. The molecule has 0 bridgehead atoms. The molecule has 0 aromatic heterocycles. The van der Waals surface area contributed by atoms with Gasteiger partial charge in [0, 0.05) is 18.4 Å². The average molecular weight is 468 g/mol. The van der Waals surface area contributed by atoms with Gasteiger partial charge in [-0.15, -0.1) is 0 Å². The minimum absolute atomic E-state index is 0.271. The molecule has 1 unspecified atom stereocenters. The average Bonchev–Trinajstić information content (AvgIpc) is 2.33. The molecular formula is C14H11Br3ClN. The number of rotatable bonds is 2. The smallest absolute Gasteiger partial charge is 0.0578 e. The van der Waals surface area contributed by atoms with Crippen LogP contribution in [-0.2, 0) is 0 Å². The Morgan fingerprint density at radius 1 is 1.00 bits per heavy atom. The van der Waals surface area contributed by atoms with Crippen molar-refractivity contribution in [3.05, 3.63) is 65.5 Å². The molecule has 0 aliphatic carbocycles. The summed E-state index contributed by atoms with van der Waals surface area (Å²) in [7, 11) is 0. The van der Waals surface area contributed by atoms with E-state index in [0.717, 1.165) is 30.1 Å². The molecule has 2 aromatic rings. The van der Waals surface area contributed by atoms with Crippen LogP contribution in [0.4, 0.5) is 0 Å². The number of aryl methyl sites for hydroxylation is 1. The van der Waals surface area contributed by atoms with Gasteiger partial charge in [-0.1, -0.05) is 65.5 Å². The van der Waals surface area contributed by atoms with Gasteiger partial charge in [-0.25, -0.2) is 0 Å². The molecule has 0 saturated carbocycles. The van der Waals surface area contributed by atoms with Crippen LogP contribution in [0, 0.1) is 6.92 Å². The van der Waals surface area contributed by atoms with E-state index in [1.807, 2.05) is 37.3 Å². The summed E-state index contributed by atoms with van der Waals surface area (Å²) in [6.45, 7) is 2.04. The van der Waals surface area contributed by atoms with Gasteiger partial charge in [0.05, 0.1) is 6.04 Å². The zero-order valence-corrected chi connectivity index (χ0v) is 15.6. The molecule has 0 aliphatic rings. The first-order valence-corrected chi connectivity index (χ1v) is 8.32. The standard InChI is InChI=1S/C14H11Br3ClN/c1-7-4-12(17)10(6-11(7)16)14(19)9-3-2-8(15)5-13(9)18/h2-6,14H,19H2,1H3. The van der Waals surface area contributed by atoms with Crippen LogP contribution >= 0.6 is 59.4 Å². The van der Waals surface area contributed by atoms with E-state index in [9.17, 15) is 0 Å². The molecule has 2 N–H and O–H groups in total. The monoisotopic (exact) mass is 465 g/mol. The normalized spacial score (nSPS) is 12.5. The van der Waals surface area contributed by atoms with Crippen molar-refractivity contribution in [3.8, 4) is 0 Å². The van der Waals surface area contributed by atoms with Crippen LogP contribution < -0.4 is 5.73 Å². The van der Waals surface area contributed by atoms with Gasteiger partial charge in [0.15, 0.2) is 0 Å². The minimum atomic E-state index is -0.271. The Morgan fingerprint density at radius 2 is 1.68 bits per heavy atom. The first kappa shape index (κ1) is 15.5. The molecule has 0 aliphatic heterocycles. The van der Waals surface area contributed by atoms with Crippen LogP contribution in [0.5, 0.6) is 0 Å².